The Balaban J connectivity index is 3.23. The zero-order valence-corrected chi connectivity index (χ0v) is 7.07. The van der Waals surface area contributed by atoms with Gasteiger partial charge in [-0.05, 0) is 6.07 Å². The van der Waals surface area contributed by atoms with E-state index in [4.69, 9.17) is 13.1 Å². The molecule has 0 amide bonds. The van der Waals surface area contributed by atoms with Crippen molar-refractivity contribution in [2.24, 2.45) is 0 Å². The first-order valence-corrected chi connectivity index (χ1v) is 3.57. The Morgan fingerprint density at radius 2 is 2.31 bits per heavy atom. The molecule has 1 rings (SSSR count). The molecule has 0 aliphatic rings. The monoisotopic (exact) mass is 171 g/mol. The molecule has 62 valence electrons. The lowest BCUT2D eigenvalue weighted by Crippen LogP contribution is -2.09. The molecule has 0 bridgehead atoms. The van der Waals surface area contributed by atoms with Gasteiger partial charge >= 0.3 is 5.97 Å². The van der Waals surface area contributed by atoms with E-state index in [1.54, 1.807) is 6.07 Å². The molecule has 0 unspecified atom stereocenters. The zero-order valence-electron chi connectivity index (χ0n) is 7.07. The summed E-state index contributed by atoms with van der Waals surface area (Å²) in [6, 6.07) is 6.33. The second-order valence-corrected chi connectivity index (χ2v) is 2.41. The third kappa shape index (κ3) is 1.88. The third-order valence-corrected chi connectivity index (χ3v) is 1.57. The van der Waals surface area contributed by atoms with Crippen molar-refractivity contribution in [2.45, 2.75) is 0 Å². The van der Waals surface area contributed by atoms with E-state index in [0.717, 1.165) is 0 Å². The van der Waals surface area contributed by atoms with Crippen molar-refractivity contribution in [2.75, 3.05) is 7.11 Å². The molecule has 1 aromatic carbocycles. The van der Waals surface area contributed by atoms with Gasteiger partial charge in [0.25, 0.3) is 0 Å². The average Bonchev–Trinajstić information content (AvgIpc) is 2.16. The Kier molecular flexibility index (Phi) is 2.71. The number of hydrogen-bond donors (Lipinski definition) is 0. The van der Waals surface area contributed by atoms with Crippen LogP contribution in [-0.2, 0) is 4.74 Å². The summed E-state index contributed by atoms with van der Waals surface area (Å²) in [5, 5.41) is 8.67. The van der Waals surface area contributed by atoms with E-state index in [-0.39, 0.29) is 11.1 Å². The predicted molar refractivity (Wildman–Crippen MR) is 47.9 cm³/mol. The fourth-order valence-corrected chi connectivity index (χ4v) is 0.942. The molecule has 0 N–H and O–H groups in total. The van der Waals surface area contributed by atoms with Gasteiger partial charge in [-0.3, -0.25) is 0 Å². The minimum Gasteiger partial charge on any atom is -0.465 e. The minimum atomic E-state index is -0.531. The fraction of sp³-hybridized carbons (Fsp3) is 0.111. The largest absolute Gasteiger partial charge is 0.465 e. The lowest BCUT2D eigenvalue weighted by molar-refractivity contribution is 0.0600. The van der Waals surface area contributed by atoms with E-state index in [2.05, 4.69) is 4.74 Å². The molecule has 0 fully saturated rings. The van der Waals surface area contributed by atoms with E-state index < -0.39 is 5.97 Å². The first kappa shape index (κ1) is 9.33. The lowest BCUT2D eigenvalue weighted by atomic mass is 9.92. The molecule has 0 aliphatic carbocycles. The summed E-state index contributed by atoms with van der Waals surface area (Å²) in [6.07, 6.45) is 0. The first-order chi connectivity index (χ1) is 6.19. The number of benzene rings is 1. The van der Waals surface area contributed by atoms with Gasteiger partial charge < -0.3 is 4.74 Å². The van der Waals surface area contributed by atoms with Gasteiger partial charge in [-0.2, -0.15) is 5.26 Å². The highest BCUT2D eigenvalue weighted by Gasteiger charge is 2.10. The Morgan fingerprint density at radius 3 is 2.85 bits per heavy atom. The van der Waals surface area contributed by atoms with Gasteiger partial charge in [0, 0.05) is 0 Å². The SMILES string of the molecule is [B]c1ccc(C(=O)OC)c(C#N)c1. The molecule has 0 heterocycles. The van der Waals surface area contributed by atoms with Crippen LogP contribution in [-0.4, -0.2) is 20.9 Å². The van der Waals surface area contributed by atoms with Crippen LogP contribution in [0.1, 0.15) is 15.9 Å². The van der Waals surface area contributed by atoms with E-state index in [1.807, 2.05) is 6.07 Å². The summed E-state index contributed by atoms with van der Waals surface area (Å²) in [5.41, 5.74) is 0.912. The van der Waals surface area contributed by atoms with Crippen LogP contribution in [0.5, 0.6) is 0 Å². The van der Waals surface area contributed by atoms with Crippen molar-refractivity contribution in [1.29, 1.82) is 5.26 Å². The summed E-state index contributed by atoms with van der Waals surface area (Å²) >= 11 is 0. The van der Waals surface area contributed by atoms with E-state index in [9.17, 15) is 4.79 Å². The van der Waals surface area contributed by atoms with Crippen LogP contribution in [0.25, 0.3) is 0 Å². The summed E-state index contributed by atoms with van der Waals surface area (Å²) < 4.78 is 4.49. The Hall–Kier alpha value is -1.76. The molecule has 0 aliphatic heterocycles. The second-order valence-electron chi connectivity index (χ2n) is 2.41. The fourth-order valence-electron chi connectivity index (χ4n) is 0.942. The van der Waals surface area contributed by atoms with E-state index in [1.165, 1.54) is 19.2 Å². The summed E-state index contributed by atoms with van der Waals surface area (Å²) in [7, 11) is 6.71. The van der Waals surface area contributed by atoms with Crippen molar-refractivity contribution in [3.63, 3.8) is 0 Å². The third-order valence-electron chi connectivity index (χ3n) is 1.57. The summed E-state index contributed by atoms with van der Waals surface area (Å²) in [6.45, 7) is 0. The molecular formula is C9H6BNO2. The van der Waals surface area contributed by atoms with Gasteiger partial charge in [-0.15, -0.1) is 0 Å². The van der Waals surface area contributed by atoms with Gasteiger partial charge in [0.15, 0.2) is 0 Å². The standard InChI is InChI=1S/C9H6BNO2/c1-13-9(12)8-3-2-7(10)4-6(8)5-11/h2-4H,1H3. The number of carbonyl (C=O) groups is 1. The molecule has 0 atom stereocenters. The second kappa shape index (κ2) is 3.77. The van der Waals surface area contributed by atoms with E-state index >= 15 is 0 Å². The highest BCUT2D eigenvalue weighted by molar-refractivity contribution is 6.32. The van der Waals surface area contributed by atoms with Gasteiger partial charge in [0.2, 0.25) is 0 Å². The molecule has 2 radical (unpaired) electrons. The van der Waals surface area contributed by atoms with Crippen molar-refractivity contribution >= 4 is 19.3 Å². The van der Waals surface area contributed by atoms with Crippen LogP contribution < -0.4 is 5.46 Å². The van der Waals surface area contributed by atoms with Gasteiger partial charge in [0.1, 0.15) is 7.85 Å². The lowest BCUT2D eigenvalue weighted by Gasteiger charge is -2.01. The van der Waals surface area contributed by atoms with Crippen molar-refractivity contribution in [3.8, 4) is 6.07 Å². The highest BCUT2D eigenvalue weighted by atomic mass is 16.5. The van der Waals surface area contributed by atoms with Gasteiger partial charge in [0.05, 0.1) is 24.3 Å². The van der Waals surface area contributed by atoms with Crippen LogP contribution in [0, 0.1) is 11.3 Å². The minimum absolute atomic E-state index is 0.229. The van der Waals surface area contributed by atoms with Crippen LogP contribution in [0.3, 0.4) is 0 Å². The van der Waals surface area contributed by atoms with Crippen molar-refractivity contribution in [3.05, 3.63) is 29.3 Å². The molecule has 0 saturated heterocycles. The number of methoxy groups -OCH3 is 1. The van der Waals surface area contributed by atoms with Crippen molar-refractivity contribution < 1.29 is 9.53 Å². The molecular weight excluding hydrogens is 165 g/mol. The molecule has 4 heteroatoms. The van der Waals surface area contributed by atoms with Crippen LogP contribution in [0.4, 0.5) is 0 Å². The van der Waals surface area contributed by atoms with Crippen LogP contribution >= 0.6 is 0 Å². The normalized spacial score (nSPS) is 8.92. The van der Waals surface area contributed by atoms with Gasteiger partial charge in [-0.1, -0.05) is 17.6 Å². The topological polar surface area (TPSA) is 50.1 Å². The maximum atomic E-state index is 11.1. The Morgan fingerprint density at radius 1 is 1.62 bits per heavy atom. The number of nitrogens with zero attached hydrogens (tertiary/aromatic N) is 1. The van der Waals surface area contributed by atoms with E-state index in [0.29, 0.717) is 5.46 Å². The first-order valence-electron chi connectivity index (χ1n) is 3.57. The smallest absolute Gasteiger partial charge is 0.339 e. The number of esters is 1. The maximum Gasteiger partial charge on any atom is 0.339 e. The number of ether oxygens (including phenoxy) is 1. The average molecular weight is 171 g/mol. The molecule has 0 spiro atoms. The Bertz CT molecular complexity index is 382. The number of nitriles is 1. The summed E-state index contributed by atoms with van der Waals surface area (Å²) in [5.74, 6) is -0.531. The number of carbonyl (C=O) groups excluding carboxylic acids is 1. The quantitative estimate of drug-likeness (QED) is 0.446. The number of hydrogen-bond acceptors (Lipinski definition) is 3. The Labute approximate surface area is 77.3 Å². The van der Waals surface area contributed by atoms with Crippen LogP contribution in [0.2, 0.25) is 0 Å². The van der Waals surface area contributed by atoms with Crippen LogP contribution in [0.15, 0.2) is 18.2 Å². The predicted octanol–water partition coefficient (Wildman–Crippen LogP) is 0.139. The van der Waals surface area contributed by atoms with Gasteiger partial charge in [-0.25, -0.2) is 4.79 Å². The molecule has 0 saturated carbocycles. The maximum absolute atomic E-state index is 11.1. The summed E-state index contributed by atoms with van der Waals surface area (Å²) in [4.78, 5) is 11.1. The molecule has 13 heavy (non-hydrogen) atoms. The molecule has 0 aromatic heterocycles. The molecule has 3 nitrogen and oxygen atoms in total. The highest BCUT2D eigenvalue weighted by Crippen LogP contribution is 2.06. The number of rotatable bonds is 1. The van der Waals surface area contributed by atoms with Crippen molar-refractivity contribution in [1.82, 2.24) is 0 Å². The zero-order chi connectivity index (χ0) is 9.84. The molecule has 1 aromatic rings.